The second-order valence-corrected chi connectivity index (χ2v) is 8.48. The van der Waals surface area contributed by atoms with E-state index in [1.807, 2.05) is 0 Å². The van der Waals surface area contributed by atoms with Crippen LogP contribution in [0, 0.1) is 10.1 Å². The second kappa shape index (κ2) is 9.04. The monoisotopic (exact) mass is 475 g/mol. The maximum atomic E-state index is 12.7. The van der Waals surface area contributed by atoms with Gasteiger partial charge in [-0.25, -0.2) is 13.2 Å². The number of halogens is 1. The van der Waals surface area contributed by atoms with Crippen molar-refractivity contribution >= 4 is 50.6 Å². The van der Waals surface area contributed by atoms with Crippen molar-refractivity contribution in [2.45, 2.75) is 4.90 Å². The van der Waals surface area contributed by atoms with E-state index in [2.05, 4.69) is 10.0 Å². The summed E-state index contributed by atoms with van der Waals surface area (Å²) in [5, 5.41) is 22.3. The minimum atomic E-state index is -4.19. The van der Waals surface area contributed by atoms with Gasteiger partial charge in [0.1, 0.15) is 0 Å². The maximum absolute atomic E-state index is 12.7. The molecule has 1 amide bonds. The van der Waals surface area contributed by atoms with Crippen LogP contribution in [0.1, 0.15) is 20.7 Å². The van der Waals surface area contributed by atoms with Crippen LogP contribution in [0.2, 0.25) is 5.02 Å². The van der Waals surface area contributed by atoms with E-state index >= 15 is 0 Å². The number of nitrogens with one attached hydrogen (secondary N) is 2. The first-order valence-corrected chi connectivity index (χ1v) is 10.6. The molecule has 0 saturated carbocycles. The fraction of sp³-hybridized carbons (Fsp3) is 0. The van der Waals surface area contributed by atoms with Crippen molar-refractivity contribution in [1.29, 1.82) is 0 Å². The molecule has 3 rings (SSSR count). The summed E-state index contributed by atoms with van der Waals surface area (Å²) in [5.41, 5.74) is -0.392. The number of rotatable bonds is 7. The van der Waals surface area contributed by atoms with Crippen LogP contribution in [0.25, 0.3) is 0 Å². The standard InChI is InChI=1S/C20H14ClN3O7S/c21-18-8-7-16(32(30,31)23-14-5-1-3-12(9-14)20(26)27)11-17(18)19(25)22-13-4-2-6-15(10-13)24(28)29/h1-11,23H,(H,22,25)(H,26,27). The van der Waals surface area contributed by atoms with Crippen molar-refractivity contribution in [1.82, 2.24) is 0 Å². The van der Waals surface area contributed by atoms with E-state index in [0.717, 1.165) is 18.2 Å². The number of nitro benzene ring substituents is 1. The van der Waals surface area contributed by atoms with Crippen LogP contribution in [0.5, 0.6) is 0 Å². The zero-order valence-electron chi connectivity index (χ0n) is 16.0. The Morgan fingerprint density at radius 1 is 0.969 bits per heavy atom. The molecular formula is C20H14ClN3O7S. The smallest absolute Gasteiger partial charge is 0.335 e. The first kappa shape index (κ1) is 22.7. The molecule has 3 N–H and O–H groups in total. The average Bonchev–Trinajstić information content (AvgIpc) is 2.73. The first-order valence-electron chi connectivity index (χ1n) is 8.78. The molecular weight excluding hydrogens is 462 g/mol. The van der Waals surface area contributed by atoms with Crippen LogP contribution in [-0.2, 0) is 10.0 Å². The number of aromatic carboxylic acids is 1. The lowest BCUT2D eigenvalue weighted by Crippen LogP contribution is -2.16. The highest BCUT2D eigenvalue weighted by Crippen LogP contribution is 2.25. The predicted molar refractivity (Wildman–Crippen MR) is 117 cm³/mol. The molecule has 0 unspecified atom stereocenters. The number of carbonyl (C=O) groups is 2. The Morgan fingerprint density at radius 3 is 2.34 bits per heavy atom. The number of non-ortho nitro benzene ring substituents is 1. The lowest BCUT2D eigenvalue weighted by atomic mass is 10.2. The van der Waals surface area contributed by atoms with Crippen LogP contribution >= 0.6 is 11.6 Å². The number of benzene rings is 3. The minimum Gasteiger partial charge on any atom is -0.478 e. The van der Waals surface area contributed by atoms with E-state index in [0.29, 0.717) is 0 Å². The summed E-state index contributed by atoms with van der Waals surface area (Å²) in [6.45, 7) is 0. The number of hydrogen-bond donors (Lipinski definition) is 3. The highest BCUT2D eigenvalue weighted by Gasteiger charge is 2.20. The average molecular weight is 476 g/mol. The largest absolute Gasteiger partial charge is 0.478 e. The van der Waals surface area contributed by atoms with Gasteiger partial charge in [-0.15, -0.1) is 0 Å². The van der Waals surface area contributed by atoms with Gasteiger partial charge in [0.2, 0.25) is 0 Å². The van der Waals surface area contributed by atoms with Gasteiger partial charge in [0.05, 0.1) is 26.0 Å². The van der Waals surface area contributed by atoms with Crippen LogP contribution in [0.3, 0.4) is 0 Å². The Kier molecular flexibility index (Phi) is 6.42. The predicted octanol–water partition coefficient (Wildman–Crippen LogP) is 4.00. The Balaban J connectivity index is 1.88. The molecule has 32 heavy (non-hydrogen) atoms. The number of hydrogen-bond acceptors (Lipinski definition) is 6. The fourth-order valence-electron chi connectivity index (χ4n) is 2.67. The summed E-state index contributed by atoms with van der Waals surface area (Å²) >= 11 is 6.06. The number of anilines is 2. The molecule has 164 valence electrons. The summed E-state index contributed by atoms with van der Waals surface area (Å²) < 4.78 is 27.7. The number of amides is 1. The summed E-state index contributed by atoms with van der Waals surface area (Å²) in [6.07, 6.45) is 0. The van der Waals surface area contributed by atoms with E-state index in [1.54, 1.807) is 0 Å². The molecule has 10 nitrogen and oxygen atoms in total. The Labute approximate surface area is 186 Å². The lowest BCUT2D eigenvalue weighted by molar-refractivity contribution is -0.384. The highest BCUT2D eigenvalue weighted by atomic mass is 35.5. The number of nitro groups is 1. The minimum absolute atomic E-state index is 0.0162. The molecule has 0 bridgehead atoms. The van der Waals surface area contributed by atoms with E-state index in [1.165, 1.54) is 48.5 Å². The van der Waals surface area contributed by atoms with Crippen LogP contribution in [0.15, 0.2) is 71.6 Å². The van der Waals surface area contributed by atoms with E-state index in [9.17, 15) is 28.1 Å². The molecule has 0 fully saturated rings. The molecule has 0 aliphatic heterocycles. The third kappa shape index (κ3) is 5.20. The molecule has 0 spiro atoms. The normalized spacial score (nSPS) is 10.9. The zero-order chi connectivity index (χ0) is 23.5. The second-order valence-electron chi connectivity index (χ2n) is 6.39. The number of carbonyl (C=O) groups excluding carboxylic acids is 1. The van der Waals surface area contributed by atoms with Gasteiger partial charge in [-0.2, -0.15) is 0 Å². The van der Waals surface area contributed by atoms with E-state index in [-0.39, 0.29) is 38.1 Å². The lowest BCUT2D eigenvalue weighted by Gasteiger charge is -2.11. The van der Waals surface area contributed by atoms with Crippen molar-refractivity contribution in [3.8, 4) is 0 Å². The number of sulfonamides is 1. The van der Waals surface area contributed by atoms with Crippen molar-refractivity contribution in [3.63, 3.8) is 0 Å². The Morgan fingerprint density at radius 2 is 1.66 bits per heavy atom. The highest BCUT2D eigenvalue weighted by molar-refractivity contribution is 7.92. The summed E-state index contributed by atoms with van der Waals surface area (Å²) in [7, 11) is -4.19. The number of carboxylic acid groups (broad SMARTS) is 1. The van der Waals surface area contributed by atoms with Gasteiger partial charge < -0.3 is 10.4 Å². The van der Waals surface area contributed by atoms with Crippen LogP contribution in [0.4, 0.5) is 17.1 Å². The van der Waals surface area contributed by atoms with Gasteiger partial charge in [0, 0.05) is 23.5 Å². The molecule has 3 aromatic carbocycles. The summed E-state index contributed by atoms with van der Waals surface area (Å²) in [6, 6.07) is 13.8. The molecule has 0 atom stereocenters. The van der Waals surface area contributed by atoms with E-state index in [4.69, 9.17) is 16.7 Å². The van der Waals surface area contributed by atoms with Gasteiger partial charge >= 0.3 is 5.97 Å². The van der Waals surface area contributed by atoms with Gasteiger partial charge in [-0.1, -0.05) is 23.7 Å². The summed E-state index contributed by atoms with van der Waals surface area (Å²) in [4.78, 5) is 33.7. The maximum Gasteiger partial charge on any atom is 0.335 e. The van der Waals surface area contributed by atoms with Crippen molar-refractivity contribution < 1.29 is 28.0 Å². The number of nitrogens with zero attached hydrogens (tertiary/aromatic N) is 1. The van der Waals surface area contributed by atoms with Crippen molar-refractivity contribution in [3.05, 3.63) is 93.0 Å². The van der Waals surface area contributed by atoms with Gasteiger partial charge in [-0.05, 0) is 42.5 Å². The SMILES string of the molecule is O=C(O)c1cccc(NS(=O)(=O)c2ccc(Cl)c(C(=O)Nc3cccc([N+](=O)[O-])c3)c2)c1. The third-order valence-corrected chi connectivity index (χ3v) is 5.88. The Hall–Kier alpha value is -3.96. The quantitative estimate of drug-likeness (QED) is 0.344. The molecule has 12 heteroatoms. The first-order chi connectivity index (χ1) is 15.1. The van der Waals surface area contributed by atoms with Crippen molar-refractivity contribution in [2.24, 2.45) is 0 Å². The summed E-state index contributed by atoms with van der Waals surface area (Å²) in [5.74, 6) is -2.00. The molecule has 0 heterocycles. The zero-order valence-corrected chi connectivity index (χ0v) is 17.6. The molecule has 0 saturated heterocycles. The van der Waals surface area contributed by atoms with Gasteiger partial charge in [-0.3, -0.25) is 19.6 Å². The molecule has 3 aromatic rings. The Bertz CT molecular complexity index is 1340. The molecule has 0 aliphatic carbocycles. The fourth-order valence-corrected chi connectivity index (χ4v) is 3.95. The van der Waals surface area contributed by atoms with Crippen molar-refractivity contribution in [2.75, 3.05) is 10.0 Å². The third-order valence-electron chi connectivity index (χ3n) is 4.17. The topological polar surface area (TPSA) is 156 Å². The molecule has 0 aromatic heterocycles. The van der Waals surface area contributed by atoms with Gasteiger partial charge in [0.15, 0.2) is 0 Å². The van der Waals surface area contributed by atoms with Crippen LogP contribution < -0.4 is 10.0 Å². The van der Waals surface area contributed by atoms with Gasteiger partial charge in [0.25, 0.3) is 21.6 Å². The molecule has 0 aliphatic rings. The molecule has 0 radical (unpaired) electrons. The van der Waals surface area contributed by atoms with E-state index < -0.39 is 26.8 Å². The van der Waals surface area contributed by atoms with Crippen LogP contribution in [-0.4, -0.2) is 30.3 Å². The number of carboxylic acids is 1.